The lowest BCUT2D eigenvalue weighted by Gasteiger charge is -2.23. The molecule has 0 bridgehead atoms. The van der Waals surface area contributed by atoms with Crippen LogP contribution in [0.2, 0.25) is 0 Å². The molecule has 2 rings (SSSR count). The minimum absolute atomic E-state index is 0.00838. The van der Waals surface area contributed by atoms with Gasteiger partial charge in [-0.15, -0.1) is 11.6 Å². The first-order valence-corrected chi connectivity index (χ1v) is 7.87. The highest BCUT2D eigenvalue weighted by Crippen LogP contribution is 2.21. The Balaban J connectivity index is 1.73. The second-order valence-corrected chi connectivity index (χ2v) is 5.77. The zero-order valence-electron chi connectivity index (χ0n) is 12.1. The van der Waals surface area contributed by atoms with Crippen LogP contribution in [0.1, 0.15) is 41.6 Å². The Hall–Kier alpha value is -1.06. The summed E-state index contributed by atoms with van der Waals surface area (Å²) in [5, 5.41) is 2.98. The number of hydrogen-bond acceptors (Lipinski definition) is 2. The summed E-state index contributed by atoms with van der Waals surface area (Å²) < 4.78 is 0. The summed E-state index contributed by atoms with van der Waals surface area (Å²) in [6, 6.07) is 8.15. The van der Waals surface area contributed by atoms with Crippen molar-refractivity contribution in [2.45, 2.75) is 37.6 Å². The Morgan fingerprint density at radius 3 is 2.55 bits per heavy atom. The molecule has 0 saturated heterocycles. The van der Waals surface area contributed by atoms with Crippen LogP contribution >= 0.6 is 11.6 Å². The predicted molar refractivity (Wildman–Crippen MR) is 83.2 cm³/mol. The van der Waals surface area contributed by atoms with E-state index in [0.29, 0.717) is 24.0 Å². The second-order valence-electron chi connectivity index (χ2n) is 5.51. The van der Waals surface area contributed by atoms with Gasteiger partial charge in [0.1, 0.15) is 0 Å². The van der Waals surface area contributed by atoms with E-state index in [4.69, 9.17) is 11.6 Å². The molecule has 0 unspecified atom stereocenters. The van der Waals surface area contributed by atoms with Crippen LogP contribution in [0.15, 0.2) is 24.3 Å². The highest BCUT2D eigenvalue weighted by atomic mass is 35.5. The smallest absolute Gasteiger partial charge is 0.251 e. The number of halogens is 1. The fourth-order valence-corrected chi connectivity index (χ4v) is 2.90. The number of carbonyl (C=O) groups excluding carboxylic acids is 1. The molecule has 1 N–H and O–H groups in total. The van der Waals surface area contributed by atoms with Crippen molar-refractivity contribution in [2.24, 2.45) is 0 Å². The third kappa shape index (κ3) is 4.22. The van der Waals surface area contributed by atoms with Crippen molar-refractivity contribution in [1.29, 1.82) is 0 Å². The molecule has 20 heavy (non-hydrogen) atoms. The molecule has 0 heterocycles. The van der Waals surface area contributed by atoms with Gasteiger partial charge in [-0.25, -0.2) is 0 Å². The third-order valence-electron chi connectivity index (χ3n) is 4.07. The summed E-state index contributed by atoms with van der Waals surface area (Å²) >= 11 is 5.73. The Morgan fingerprint density at radius 1 is 1.30 bits per heavy atom. The standard InChI is InChI=1S/C16H23ClN2O/c1-19(15-4-2-3-5-15)11-10-18-16(20)14-8-6-13(12-17)7-9-14/h6-9,15H,2-5,10-12H2,1H3,(H,18,20). The maximum atomic E-state index is 12.0. The summed E-state index contributed by atoms with van der Waals surface area (Å²) in [6.07, 6.45) is 5.28. The second kappa shape index (κ2) is 7.65. The average Bonchev–Trinajstić information content (AvgIpc) is 3.01. The maximum Gasteiger partial charge on any atom is 0.251 e. The van der Waals surface area contributed by atoms with E-state index in [2.05, 4.69) is 17.3 Å². The number of hydrogen-bond donors (Lipinski definition) is 1. The van der Waals surface area contributed by atoms with Gasteiger partial charge >= 0.3 is 0 Å². The van der Waals surface area contributed by atoms with Gasteiger partial charge < -0.3 is 10.2 Å². The number of benzene rings is 1. The van der Waals surface area contributed by atoms with Crippen molar-refractivity contribution in [3.63, 3.8) is 0 Å². The summed E-state index contributed by atoms with van der Waals surface area (Å²) in [4.78, 5) is 14.3. The Labute approximate surface area is 126 Å². The Morgan fingerprint density at radius 2 is 1.95 bits per heavy atom. The minimum Gasteiger partial charge on any atom is -0.351 e. The molecule has 0 aromatic heterocycles. The van der Waals surface area contributed by atoms with Gasteiger partial charge in [0.25, 0.3) is 5.91 Å². The summed E-state index contributed by atoms with van der Waals surface area (Å²) in [7, 11) is 2.15. The summed E-state index contributed by atoms with van der Waals surface area (Å²) in [5.41, 5.74) is 1.73. The zero-order chi connectivity index (χ0) is 14.4. The van der Waals surface area contributed by atoms with E-state index < -0.39 is 0 Å². The van der Waals surface area contributed by atoms with Crippen LogP contribution in [-0.2, 0) is 5.88 Å². The SMILES string of the molecule is CN(CCNC(=O)c1ccc(CCl)cc1)C1CCCC1. The molecule has 0 atom stereocenters. The molecule has 1 aromatic carbocycles. The predicted octanol–water partition coefficient (Wildman–Crippen LogP) is 3.03. The van der Waals surface area contributed by atoms with Crippen molar-refractivity contribution in [3.8, 4) is 0 Å². The first kappa shape index (κ1) is 15.3. The monoisotopic (exact) mass is 294 g/mol. The highest BCUT2D eigenvalue weighted by Gasteiger charge is 2.19. The molecule has 0 aliphatic heterocycles. The fraction of sp³-hybridized carbons (Fsp3) is 0.562. The number of alkyl halides is 1. The quantitative estimate of drug-likeness (QED) is 0.818. The molecule has 0 radical (unpaired) electrons. The number of likely N-dealkylation sites (N-methyl/N-ethyl adjacent to an activating group) is 1. The van der Waals surface area contributed by atoms with Crippen LogP contribution in [0.5, 0.6) is 0 Å². The van der Waals surface area contributed by atoms with Gasteiger partial charge in [-0.2, -0.15) is 0 Å². The van der Waals surface area contributed by atoms with Gasteiger partial charge in [-0.05, 0) is 37.6 Å². The molecule has 0 spiro atoms. The topological polar surface area (TPSA) is 32.3 Å². The fourth-order valence-electron chi connectivity index (χ4n) is 2.72. The molecular weight excluding hydrogens is 272 g/mol. The van der Waals surface area contributed by atoms with Gasteiger partial charge in [0, 0.05) is 30.6 Å². The van der Waals surface area contributed by atoms with E-state index in [9.17, 15) is 4.79 Å². The maximum absolute atomic E-state index is 12.0. The lowest BCUT2D eigenvalue weighted by molar-refractivity contribution is 0.0947. The Kier molecular flexibility index (Phi) is 5.86. The van der Waals surface area contributed by atoms with Crippen molar-refractivity contribution in [3.05, 3.63) is 35.4 Å². The molecule has 1 saturated carbocycles. The van der Waals surface area contributed by atoms with Gasteiger partial charge in [0.2, 0.25) is 0 Å². The Bertz CT molecular complexity index is 427. The van der Waals surface area contributed by atoms with Crippen molar-refractivity contribution >= 4 is 17.5 Å². The summed E-state index contributed by atoms with van der Waals surface area (Å²) in [6.45, 7) is 1.61. The van der Waals surface area contributed by atoms with E-state index in [1.807, 2.05) is 24.3 Å². The molecule has 1 aliphatic rings. The molecule has 1 aromatic rings. The van der Waals surface area contributed by atoms with Crippen LogP contribution in [0.25, 0.3) is 0 Å². The van der Waals surface area contributed by atoms with Crippen LogP contribution in [0.4, 0.5) is 0 Å². The molecule has 1 amide bonds. The molecule has 4 heteroatoms. The largest absolute Gasteiger partial charge is 0.351 e. The van der Waals surface area contributed by atoms with Crippen LogP contribution in [0.3, 0.4) is 0 Å². The van der Waals surface area contributed by atoms with Crippen LogP contribution in [0, 0.1) is 0 Å². The number of nitrogens with one attached hydrogen (secondary N) is 1. The molecule has 1 fully saturated rings. The van der Waals surface area contributed by atoms with Crippen molar-refractivity contribution < 1.29 is 4.79 Å². The van der Waals surface area contributed by atoms with Gasteiger partial charge in [0.15, 0.2) is 0 Å². The highest BCUT2D eigenvalue weighted by molar-refractivity contribution is 6.17. The van der Waals surface area contributed by atoms with Crippen molar-refractivity contribution in [1.82, 2.24) is 10.2 Å². The van der Waals surface area contributed by atoms with Crippen LogP contribution < -0.4 is 5.32 Å². The number of carbonyl (C=O) groups is 1. The number of rotatable bonds is 6. The molecule has 110 valence electrons. The molecule has 1 aliphatic carbocycles. The normalized spacial score (nSPS) is 15.8. The average molecular weight is 295 g/mol. The van der Waals surface area contributed by atoms with Gasteiger partial charge in [-0.3, -0.25) is 4.79 Å². The zero-order valence-corrected chi connectivity index (χ0v) is 12.8. The van der Waals surface area contributed by atoms with E-state index in [1.165, 1.54) is 25.7 Å². The number of amides is 1. The lowest BCUT2D eigenvalue weighted by Crippen LogP contribution is -2.37. The minimum atomic E-state index is -0.00838. The van der Waals surface area contributed by atoms with Crippen molar-refractivity contribution in [2.75, 3.05) is 20.1 Å². The van der Waals surface area contributed by atoms with E-state index in [-0.39, 0.29) is 5.91 Å². The molecular formula is C16H23ClN2O. The first-order chi connectivity index (χ1) is 9.70. The van der Waals surface area contributed by atoms with E-state index in [1.54, 1.807) is 0 Å². The van der Waals surface area contributed by atoms with E-state index >= 15 is 0 Å². The number of nitrogens with zero attached hydrogens (tertiary/aromatic N) is 1. The van der Waals surface area contributed by atoms with Gasteiger partial charge in [0.05, 0.1) is 0 Å². The van der Waals surface area contributed by atoms with Crippen LogP contribution in [-0.4, -0.2) is 37.0 Å². The van der Waals surface area contributed by atoms with E-state index in [0.717, 1.165) is 12.1 Å². The third-order valence-corrected chi connectivity index (χ3v) is 4.38. The lowest BCUT2D eigenvalue weighted by atomic mass is 10.1. The van der Waals surface area contributed by atoms with Gasteiger partial charge in [-0.1, -0.05) is 25.0 Å². The molecule has 3 nitrogen and oxygen atoms in total. The first-order valence-electron chi connectivity index (χ1n) is 7.34. The summed E-state index contributed by atoms with van der Waals surface area (Å²) in [5.74, 6) is 0.472.